The van der Waals surface area contributed by atoms with Crippen LogP contribution < -0.4 is 4.74 Å². The molecule has 3 nitrogen and oxygen atoms in total. The molecule has 0 heterocycles. The molecule has 0 atom stereocenters. The highest BCUT2D eigenvalue weighted by molar-refractivity contribution is 6.30. The van der Waals surface area contributed by atoms with Crippen LogP contribution in [0.4, 0.5) is 0 Å². The molecule has 0 fully saturated rings. The van der Waals surface area contributed by atoms with E-state index in [0.717, 1.165) is 0 Å². The van der Waals surface area contributed by atoms with Crippen molar-refractivity contribution < 1.29 is 14.3 Å². The van der Waals surface area contributed by atoms with Gasteiger partial charge in [0.15, 0.2) is 18.2 Å². The summed E-state index contributed by atoms with van der Waals surface area (Å²) in [6, 6.07) is 13.4. The molecule has 0 N–H and O–H groups in total. The molecule has 2 rings (SSSR count). The highest BCUT2D eigenvalue weighted by Crippen LogP contribution is 2.19. The van der Waals surface area contributed by atoms with E-state index >= 15 is 0 Å². The number of halogens is 1. The Morgan fingerprint density at radius 3 is 2.35 bits per heavy atom. The average Bonchev–Trinajstić information content (AvgIpc) is 2.45. The van der Waals surface area contributed by atoms with Gasteiger partial charge < -0.3 is 4.74 Å². The summed E-state index contributed by atoms with van der Waals surface area (Å²) < 4.78 is 5.44. The summed E-state index contributed by atoms with van der Waals surface area (Å²) in [5.41, 5.74) is 0.992. The molecule has 0 aromatic heterocycles. The Morgan fingerprint density at radius 1 is 1.05 bits per heavy atom. The third-order valence-corrected chi connectivity index (χ3v) is 3.04. The Labute approximate surface area is 122 Å². The van der Waals surface area contributed by atoms with Gasteiger partial charge >= 0.3 is 0 Å². The monoisotopic (exact) mass is 288 g/mol. The van der Waals surface area contributed by atoms with E-state index in [9.17, 15) is 9.59 Å². The second-order valence-corrected chi connectivity index (χ2v) is 4.71. The van der Waals surface area contributed by atoms with Crippen molar-refractivity contribution in [2.45, 2.75) is 6.92 Å². The van der Waals surface area contributed by atoms with Gasteiger partial charge in [0.1, 0.15) is 5.75 Å². The molecule has 0 bridgehead atoms. The van der Waals surface area contributed by atoms with Gasteiger partial charge in [0.05, 0.1) is 5.56 Å². The zero-order valence-corrected chi connectivity index (χ0v) is 11.7. The van der Waals surface area contributed by atoms with E-state index in [0.29, 0.717) is 21.9 Å². The lowest BCUT2D eigenvalue weighted by atomic mass is 10.1. The Morgan fingerprint density at radius 2 is 1.70 bits per heavy atom. The summed E-state index contributed by atoms with van der Waals surface area (Å²) >= 11 is 5.76. The molecule has 4 heteroatoms. The first-order valence-electron chi connectivity index (χ1n) is 6.09. The predicted octanol–water partition coefficient (Wildman–Crippen LogP) is 3.80. The van der Waals surface area contributed by atoms with Crippen LogP contribution in [0.2, 0.25) is 5.02 Å². The molecule has 0 unspecified atom stereocenters. The first-order chi connectivity index (χ1) is 9.58. The average molecular weight is 289 g/mol. The number of carbonyl (C=O) groups excluding carboxylic acids is 2. The van der Waals surface area contributed by atoms with Crippen LogP contribution in [0.15, 0.2) is 48.5 Å². The lowest BCUT2D eigenvalue weighted by Gasteiger charge is -2.09. The molecular formula is C16H13ClO3. The lowest BCUT2D eigenvalue weighted by molar-refractivity contribution is 0.0913. The molecule has 0 saturated carbocycles. The number of hydrogen-bond acceptors (Lipinski definition) is 3. The van der Waals surface area contributed by atoms with Crippen molar-refractivity contribution in [3.63, 3.8) is 0 Å². The van der Waals surface area contributed by atoms with E-state index in [-0.39, 0.29) is 18.2 Å². The highest BCUT2D eigenvalue weighted by Gasteiger charge is 2.11. The molecule has 2 aromatic carbocycles. The minimum atomic E-state index is -0.167. The Bertz CT molecular complexity index is 632. The summed E-state index contributed by atoms with van der Waals surface area (Å²) in [4.78, 5) is 23.4. The summed E-state index contributed by atoms with van der Waals surface area (Å²) in [7, 11) is 0. The van der Waals surface area contributed by atoms with Crippen molar-refractivity contribution in [2.24, 2.45) is 0 Å². The number of para-hydroxylation sites is 1. The number of rotatable bonds is 5. The first kappa shape index (κ1) is 14.3. The Kier molecular flexibility index (Phi) is 4.53. The third kappa shape index (κ3) is 3.45. The fraction of sp³-hybridized carbons (Fsp3) is 0.125. The molecule has 0 radical (unpaired) electrons. The zero-order valence-electron chi connectivity index (χ0n) is 10.9. The minimum Gasteiger partial charge on any atom is -0.485 e. The van der Waals surface area contributed by atoms with E-state index in [1.54, 1.807) is 48.5 Å². The molecule has 0 aliphatic heterocycles. The Hall–Kier alpha value is -2.13. The molecule has 20 heavy (non-hydrogen) atoms. The van der Waals surface area contributed by atoms with E-state index < -0.39 is 0 Å². The van der Waals surface area contributed by atoms with Crippen LogP contribution in [0, 0.1) is 0 Å². The SMILES string of the molecule is CC(=O)c1ccccc1OCC(=O)c1ccc(Cl)cc1. The number of hydrogen-bond donors (Lipinski definition) is 0. The number of Topliss-reactive ketones (excluding diaryl/α,β-unsaturated/α-hetero) is 2. The van der Waals surface area contributed by atoms with Crippen LogP contribution in [-0.2, 0) is 0 Å². The van der Waals surface area contributed by atoms with Gasteiger partial charge in [-0.3, -0.25) is 9.59 Å². The lowest BCUT2D eigenvalue weighted by Crippen LogP contribution is -2.12. The maximum Gasteiger partial charge on any atom is 0.200 e. The number of benzene rings is 2. The summed E-state index contributed by atoms with van der Waals surface area (Å²) in [5.74, 6) is 0.155. The molecular weight excluding hydrogens is 276 g/mol. The van der Waals surface area contributed by atoms with Gasteiger partial charge in [0.2, 0.25) is 0 Å². The maximum atomic E-state index is 12.0. The third-order valence-electron chi connectivity index (χ3n) is 2.79. The fourth-order valence-corrected chi connectivity index (χ4v) is 1.87. The van der Waals surface area contributed by atoms with Crippen LogP contribution in [0.3, 0.4) is 0 Å². The summed E-state index contributed by atoms with van der Waals surface area (Å²) in [5, 5.41) is 0.574. The predicted molar refractivity (Wildman–Crippen MR) is 77.7 cm³/mol. The van der Waals surface area contributed by atoms with Crippen LogP contribution in [0.1, 0.15) is 27.6 Å². The topological polar surface area (TPSA) is 43.4 Å². The maximum absolute atomic E-state index is 12.0. The quantitative estimate of drug-likeness (QED) is 0.786. The fourth-order valence-electron chi connectivity index (χ4n) is 1.75. The van der Waals surface area contributed by atoms with Gasteiger partial charge in [0, 0.05) is 10.6 Å². The number of carbonyl (C=O) groups is 2. The summed E-state index contributed by atoms with van der Waals surface area (Å²) in [6.45, 7) is 1.34. The second kappa shape index (κ2) is 6.35. The van der Waals surface area contributed by atoms with Crippen molar-refractivity contribution in [1.82, 2.24) is 0 Å². The van der Waals surface area contributed by atoms with Crippen molar-refractivity contribution >= 4 is 23.2 Å². The van der Waals surface area contributed by atoms with E-state index in [1.165, 1.54) is 6.92 Å². The van der Waals surface area contributed by atoms with E-state index in [4.69, 9.17) is 16.3 Å². The van der Waals surface area contributed by atoms with Gasteiger partial charge in [-0.1, -0.05) is 23.7 Å². The molecule has 0 amide bonds. The Balaban J connectivity index is 2.07. The smallest absolute Gasteiger partial charge is 0.200 e. The number of ketones is 2. The van der Waals surface area contributed by atoms with E-state index in [2.05, 4.69) is 0 Å². The van der Waals surface area contributed by atoms with Crippen LogP contribution in [0.5, 0.6) is 5.75 Å². The first-order valence-corrected chi connectivity index (χ1v) is 6.47. The van der Waals surface area contributed by atoms with Gasteiger partial charge in [-0.15, -0.1) is 0 Å². The van der Waals surface area contributed by atoms with E-state index in [1.807, 2.05) is 0 Å². The molecule has 102 valence electrons. The van der Waals surface area contributed by atoms with Gasteiger partial charge in [-0.2, -0.15) is 0 Å². The molecule has 0 spiro atoms. The van der Waals surface area contributed by atoms with Crippen molar-refractivity contribution in [3.8, 4) is 5.75 Å². The van der Waals surface area contributed by atoms with Crippen LogP contribution in [-0.4, -0.2) is 18.2 Å². The van der Waals surface area contributed by atoms with Crippen molar-refractivity contribution in [1.29, 1.82) is 0 Å². The highest BCUT2D eigenvalue weighted by atomic mass is 35.5. The van der Waals surface area contributed by atoms with Gasteiger partial charge in [-0.25, -0.2) is 0 Å². The number of ether oxygens (including phenoxy) is 1. The van der Waals surface area contributed by atoms with Gasteiger partial charge in [0.25, 0.3) is 0 Å². The van der Waals surface area contributed by atoms with Crippen LogP contribution in [0.25, 0.3) is 0 Å². The van der Waals surface area contributed by atoms with Gasteiger partial charge in [-0.05, 0) is 43.3 Å². The molecule has 0 saturated heterocycles. The molecule has 2 aromatic rings. The van der Waals surface area contributed by atoms with Crippen molar-refractivity contribution in [3.05, 3.63) is 64.7 Å². The molecule has 0 aliphatic rings. The van der Waals surface area contributed by atoms with Crippen LogP contribution >= 0.6 is 11.6 Å². The standard InChI is InChI=1S/C16H13ClO3/c1-11(18)14-4-2-3-5-16(14)20-10-15(19)12-6-8-13(17)9-7-12/h2-9H,10H2,1H3. The summed E-state index contributed by atoms with van der Waals surface area (Å²) in [6.07, 6.45) is 0. The zero-order chi connectivity index (χ0) is 14.5. The van der Waals surface area contributed by atoms with Crippen molar-refractivity contribution in [2.75, 3.05) is 6.61 Å². The molecule has 0 aliphatic carbocycles. The second-order valence-electron chi connectivity index (χ2n) is 4.27. The normalized spacial score (nSPS) is 10.1. The minimum absolute atomic E-state index is 0.0976. The largest absolute Gasteiger partial charge is 0.485 e.